The van der Waals surface area contributed by atoms with E-state index in [-0.39, 0.29) is 0 Å². The number of hydrogen-bond acceptors (Lipinski definition) is 4. The molecule has 1 N–H and O–H groups in total. The third-order valence-electron chi connectivity index (χ3n) is 3.22. The molecule has 102 valence electrons. The van der Waals surface area contributed by atoms with Crippen LogP contribution >= 0.6 is 0 Å². The molecule has 4 heteroatoms. The molecule has 0 aliphatic carbocycles. The fourth-order valence-electron chi connectivity index (χ4n) is 1.88. The lowest BCUT2D eigenvalue weighted by Gasteiger charge is -2.29. The zero-order chi connectivity index (χ0) is 13.4. The fraction of sp³-hybridized carbons (Fsp3) is 0.714. The largest absolute Gasteiger partial charge is 0.353 e. The third kappa shape index (κ3) is 4.26. The van der Waals surface area contributed by atoms with Crippen LogP contribution in [-0.2, 0) is 6.54 Å². The Balaban J connectivity index is 2.77. The summed E-state index contributed by atoms with van der Waals surface area (Å²) in [6.45, 7) is 8.51. The minimum Gasteiger partial charge on any atom is -0.353 e. The Labute approximate surface area is 111 Å². The van der Waals surface area contributed by atoms with Gasteiger partial charge in [-0.3, -0.25) is 4.98 Å². The first kappa shape index (κ1) is 14.9. The van der Waals surface area contributed by atoms with Crippen LogP contribution in [0.1, 0.15) is 45.7 Å². The highest BCUT2D eigenvalue weighted by Gasteiger charge is 2.13. The van der Waals surface area contributed by atoms with E-state index >= 15 is 0 Å². The van der Waals surface area contributed by atoms with Crippen LogP contribution in [0.25, 0.3) is 0 Å². The highest BCUT2D eigenvalue weighted by Crippen LogP contribution is 2.15. The van der Waals surface area contributed by atoms with Crippen LogP contribution in [-0.4, -0.2) is 29.6 Å². The molecule has 0 bridgehead atoms. The second-order valence-corrected chi connectivity index (χ2v) is 4.70. The number of anilines is 1. The summed E-state index contributed by atoms with van der Waals surface area (Å²) in [5, 5.41) is 3.08. The quantitative estimate of drug-likeness (QED) is 0.770. The molecular weight excluding hydrogens is 224 g/mol. The van der Waals surface area contributed by atoms with Gasteiger partial charge in [-0.25, -0.2) is 4.98 Å². The molecule has 0 radical (unpaired) electrons. The average Bonchev–Trinajstić information content (AvgIpc) is 2.41. The van der Waals surface area contributed by atoms with Crippen LogP contribution in [0.4, 0.5) is 5.82 Å². The molecule has 1 aromatic heterocycles. The summed E-state index contributed by atoms with van der Waals surface area (Å²) in [5.74, 6) is 0.998. The molecule has 1 unspecified atom stereocenters. The van der Waals surface area contributed by atoms with Crippen molar-refractivity contribution in [2.24, 2.45) is 0 Å². The van der Waals surface area contributed by atoms with Gasteiger partial charge in [-0.05, 0) is 26.8 Å². The van der Waals surface area contributed by atoms with Gasteiger partial charge in [0.2, 0.25) is 0 Å². The molecule has 1 heterocycles. The lowest BCUT2D eigenvalue weighted by Crippen LogP contribution is -2.34. The van der Waals surface area contributed by atoms with E-state index in [4.69, 9.17) is 0 Å². The van der Waals surface area contributed by atoms with Gasteiger partial charge in [0, 0.05) is 19.1 Å². The molecule has 1 rings (SSSR count). The molecule has 0 saturated heterocycles. The maximum atomic E-state index is 4.54. The lowest BCUT2D eigenvalue weighted by molar-refractivity contribution is 0.588. The van der Waals surface area contributed by atoms with E-state index < -0.39 is 0 Å². The Morgan fingerprint density at radius 2 is 2.06 bits per heavy atom. The molecule has 4 nitrogen and oxygen atoms in total. The molecule has 0 aromatic carbocycles. The summed E-state index contributed by atoms with van der Waals surface area (Å²) in [6.07, 6.45) is 7.30. The maximum Gasteiger partial charge on any atom is 0.147 e. The molecule has 0 amide bonds. The van der Waals surface area contributed by atoms with Crippen molar-refractivity contribution in [3.63, 3.8) is 0 Å². The Morgan fingerprint density at radius 3 is 2.56 bits per heavy atom. The smallest absolute Gasteiger partial charge is 0.147 e. The molecule has 0 spiro atoms. The lowest BCUT2D eigenvalue weighted by atomic mass is 10.2. The van der Waals surface area contributed by atoms with Gasteiger partial charge in [0.05, 0.1) is 18.1 Å². The van der Waals surface area contributed by atoms with Gasteiger partial charge in [-0.1, -0.05) is 20.3 Å². The highest BCUT2D eigenvalue weighted by atomic mass is 15.2. The number of aromatic nitrogens is 2. The summed E-state index contributed by atoms with van der Waals surface area (Å²) in [5.41, 5.74) is 0.987. The van der Waals surface area contributed by atoms with Crippen molar-refractivity contribution in [3.05, 3.63) is 18.1 Å². The molecule has 0 fully saturated rings. The molecular formula is C14H26N4. The molecule has 0 aliphatic heterocycles. The van der Waals surface area contributed by atoms with Crippen molar-refractivity contribution in [2.45, 2.75) is 52.6 Å². The second kappa shape index (κ2) is 8.03. The van der Waals surface area contributed by atoms with Crippen LogP contribution in [0.2, 0.25) is 0 Å². The van der Waals surface area contributed by atoms with E-state index in [2.05, 4.69) is 41.0 Å². The zero-order valence-corrected chi connectivity index (χ0v) is 12.1. The van der Waals surface area contributed by atoms with E-state index in [0.717, 1.165) is 31.0 Å². The average molecular weight is 250 g/mol. The van der Waals surface area contributed by atoms with Crippen LogP contribution < -0.4 is 10.2 Å². The molecule has 0 saturated carbocycles. The number of unbranched alkanes of at least 4 members (excludes halogenated alkanes) is 1. The summed E-state index contributed by atoms with van der Waals surface area (Å²) in [4.78, 5) is 11.4. The summed E-state index contributed by atoms with van der Waals surface area (Å²) < 4.78 is 0. The predicted octanol–water partition coefficient (Wildman–Crippen LogP) is 2.60. The molecule has 1 atom stereocenters. The van der Waals surface area contributed by atoms with Gasteiger partial charge in [0.25, 0.3) is 0 Å². The van der Waals surface area contributed by atoms with Gasteiger partial charge in [0.15, 0.2) is 0 Å². The van der Waals surface area contributed by atoms with Crippen molar-refractivity contribution >= 4 is 5.82 Å². The van der Waals surface area contributed by atoms with Crippen molar-refractivity contribution in [2.75, 3.05) is 18.5 Å². The van der Waals surface area contributed by atoms with Gasteiger partial charge in [-0.2, -0.15) is 0 Å². The minimum absolute atomic E-state index is 0.515. The van der Waals surface area contributed by atoms with E-state index in [1.165, 1.54) is 12.8 Å². The molecule has 18 heavy (non-hydrogen) atoms. The Morgan fingerprint density at radius 1 is 1.28 bits per heavy atom. The minimum atomic E-state index is 0.515. The Kier molecular flexibility index (Phi) is 6.65. The van der Waals surface area contributed by atoms with E-state index in [1.807, 2.05) is 19.4 Å². The number of nitrogens with one attached hydrogen (secondary N) is 1. The van der Waals surface area contributed by atoms with Gasteiger partial charge >= 0.3 is 0 Å². The molecule has 1 aromatic rings. The first-order chi connectivity index (χ1) is 8.72. The summed E-state index contributed by atoms with van der Waals surface area (Å²) >= 11 is 0. The SMILES string of the molecule is CCCCN(c1cnc(CNC)cn1)C(C)CC. The number of hydrogen-bond donors (Lipinski definition) is 1. The first-order valence-corrected chi connectivity index (χ1v) is 6.95. The van der Waals surface area contributed by atoms with Crippen molar-refractivity contribution in [1.29, 1.82) is 0 Å². The fourth-order valence-corrected chi connectivity index (χ4v) is 1.88. The standard InChI is InChI=1S/C14H26N4/c1-5-7-8-18(12(3)6-2)14-11-16-13(9-15-4)10-17-14/h10-12,15H,5-9H2,1-4H3. The van der Waals surface area contributed by atoms with Crippen molar-refractivity contribution in [1.82, 2.24) is 15.3 Å². The van der Waals surface area contributed by atoms with Crippen molar-refractivity contribution < 1.29 is 0 Å². The van der Waals surface area contributed by atoms with E-state index in [1.54, 1.807) is 0 Å². The van der Waals surface area contributed by atoms with Crippen molar-refractivity contribution in [3.8, 4) is 0 Å². The highest BCUT2D eigenvalue weighted by molar-refractivity contribution is 5.37. The van der Waals surface area contributed by atoms with Crippen LogP contribution in [0.3, 0.4) is 0 Å². The normalized spacial score (nSPS) is 12.4. The van der Waals surface area contributed by atoms with E-state index in [9.17, 15) is 0 Å². The number of rotatable bonds is 8. The van der Waals surface area contributed by atoms with E-state index in [0.29, 0.717) is 6.04 Å². The van der Waals surface area contributed by atoms with Gasteiger partial charge < -0.3 is 10.2 Å². The van der Waals surface area contributed by atoms with Crippen LogP contribution in [0, 0.1) is 0 Å². The van der Waals surface area contributed by atoms with Gasteiger partial charge in [-0.15, -0.1) is 0 Å². The van der Waals surface area contributed by atoms with Gasteiger partial charge in [0.1, 0.15) is 5.82 Å². The Hall–Kier alpha value is -1.16. The Bertz CT molecular complexity index is 323. The topological polar surface area (TPSA) is 41.1 Å². The summed E-state index contributed by atoms with van der Waals surface area (Å²) in [7, 11) is 1.92. The molecule has 0 aliphatic rings. The predicted molar refractivity (Wildman–Crippen MR) is 76.8 cm³/mol. The number of nitrogens with zero attached hydrogens (tertiary/aromatic N) is 3. The maximum absolute atomic E-state index is 4.54. The third-order valence-corrected chi connectivity index (χ3v) is 3.22. The first-order valence-electron chi connectivity index (χ1n) is 6.95. The monoisotopic (exact) mass is 250 g/mol. The summed E-state index contributed by atoms with van der Waals surface area (Å²) in [6, 6.07) is 0.515. The van der Waals surface area contributed by atoms with Crippen LogP contribution in [0.15, 0.2) is 12.4 Å². The van der Waals surface area contributed by atoms with Crippen LogP contribution in [0.5, 0.6) is 0 Å². The zero-order valence-electron chi connectivity index (χ0n) is 12.1. The second-order valence-electron chi connectivity index (χ2n) is 4.70.